The molecule has 0 unspecified atom stereocenters. The number of benzene rings is 1. The summed E-state index contributed by atoms with van der Waals surface area (Å²) in [6.07, 6.45) is 6.38. The van der Waals surface area contributed by atoms with Gasteiger partial charge in [-0.25, -0.2) is 0 Å². The largest absolute Gasteiger partial charge is 0.497 e. The lowest BCUT2D eigenvalue weighted by Gasteiger charge is -2.18. The fourth-order valence-electron chi connectivity index (χ4n) is 1.73. The highest BCUT2D eigenvalue weighted by Crippen LogP contribution is 2.34. The van der Waals surface area contributed by atoms with Crippen LogP contribution in [0.2, 0.25) is 0 Å². The molecule has 1 aromatic rings. The van der Waals surface area contributed by atoms with E-state index in [-0.39, 0.29) is 0 Å². The molecule has 0 saturated carbocycles. The zero-order valence-electron chi connectivity index (χ0n) is 10.3. The number of fused-ring (bicyclic) bond motifs is 1. The number of hydrogen-bond donors (Lipinski definition) is 0. The average Bonchev–Trinajstić information content (AvgIpc) is 2.38. The van der Waals surface area contributed by atoms with Gasteiger partial charge in [0.05, 0.1) is 7.11 Å². The molecule has 17 heavy (non-hydrogen) atoms. The minimum atomic E-state index is 0.619. The van der Waals surface area contributed by atoms with E-state index in [2.05, 4.69) is 25.3 Å². The van der Waals surface area contributed by atoms with Crippen LogP contribution < -0.4 is 9.47 Å². The first kappa shape index (κ1) is 12.1. The number of thioether (sulfide) groups is 1. The maximum Gasteiger partial charge on any atom is 0.131 e. The van der Waals surface area contributed by atoms with Crippen molar-refractivity contribution in [2.75, 3.05) is 20.0 Å². The van der Waals surface area contributed by atoms with Crippen LogP contribution in [0.15, 0.2) is 35.3 Å². The van der Waals surface area contributed by atoms with Crippen LogP contribution in [0.4, 0.5) is 0 Å². The molecule has 90 valence electrons. The molecule has 0 atom stereocenters. The minimum Gasteiger partial charge on any atom is -0.497 e. The molecule has 0 amide bonds. The fourth-order valence-corrected chi connectivity index (χ4v) is 1.98. The fraction of sp³-hybridized carbons (Fsp3) is 0.286. The molecule has 0 saturated heterocycles. The van der Waals surface area contributed by atoms with E-state index in [1.165, 1.54) is 10.5 Å². The van der Waals surface area contributed by atoms with Gasteiger partial charge in [0.1, 0.15) is 18.1 Å². The number of rotatable bonds is 3. The molecule has 0 fully saturated rings. The summed E-state index contributed by atoms with van der Waals surface area (Å²) in [5, 5.41) is 0. The molecule has 1 heterocycles. The summed E-state index contributed by atoms with van der Waals surface area (Å²) < 4.78 is 10.8. The Balaban J connectivity index is 2.38. The summed E-state index contributed by atoms with van der Waals surface area (Å²) in [6, 6.07) is 5.94. The normalized spacial score (nSPS) is 14.8. The highest BCUT2D eigenvalue weighted by Gasteiger charge is 2.13. The minimum absolute atomic E-state index is 0.619. The molecule has 0 aliphatic carbocycles. The molecule has 1 aliphatic rings. The van der Waals surface area contributed by atoms with Crippen molar-refractivity contribution in [3.8, 4) is 11.5 Å². The summed E-state index contributed by atoms with van der Waals surface area (Å²) in [6.45, 7) is 2.73. The molecule has 0 radical (unpaired) electrons. The van der Waals surface area contributed by atoms with Crippen LogP contribution in [0.5, 0.6) is 11.5 Å². The molecule has 3 heteroatoms. The van der Waals surface area contributed by atoms with E-state index in [4.69, 9.17) is 9.47 Å². The lowest BCUT2D eigenvalue weighted by atomic mass is 10.0. The van der Waals surface area contributed by atoms with Gasteiger partial charge in [-0.2, -0.15) is 0 Å². The number of methoxy groups -OCH3 is 1. The lowest BCUT2D eigenvalue weighted by Crippen LogP contribution is -2.04. The summed E-state index contributed by atoms with van der Waals surface area (Å²) >= 11 is 1.76. The molecular weight excluding hydrogens is 232 g/mol. The van der Waals surface area contributed by atoms with E-state index in [0.29, 0.717) is 6.61 Å². The zero-order valence-corrected chi connectivity index (χ0v) is 11.1. The van der Waals surface area contributed by atoms with Gasteiger partial charge in [-0.3, -0.25) is 0 Å². The van der Waals surface area contributed by atoms with E-state index in [9.17, 15) is 0 Å². The van der Waals surface area contributed by atoms with Crippen LogP contribution in [-0.2, 0) is 0 Å². The van der Waals surface area contributed by atoms with Crippen LogP contribution in [0, 0.1) is 0 Å². The van der Waals surface area contributed by atoms with E-state index in [1.54, 1.807) is 18.9 Å². The molecule has 0 aromatic heterocycles. The molecule has 1 aromatic carbocycles. The number of allylic oxidation sites excluding steroid dienone is 3. The third kappa shape index (κ3) is 2.67. The Bertz CT molecular complexity index is 475. The second kappa shape index (κ2) is 5.32. The highest BCUT2D eigenvalue weighted by molar-refractivity contribution is 8.02. The monoisotopic (exact) mass is 248 g/mol. The van der Waals surface area contributed by atoms with Crippen LogP contribution in [-0.4, -0.2) is 20.0 Å². The van der Waals surface area contributed by atoms with Crippen LogP contribution in [0.25, 0.3) is 5.57 Å². The molecule has 0 spiro atoms. The third-order valence-electron chi connectivity index (χ3n) is 2.72. The summed E-state index contributed by atoms with van der Waals surface area (Å²) in [5.74, 6) is 1.72. The lowest BCUT2D eigenvalue weighted by molar-refractivity contribution is 0.352. The van der Waals surface area contributed by atoms with Gasteiger partial charge in [-0.1, -0.05) is 0 Å². The van der Waals surface area contributed by atoms with Crippen molar-refractivity contribution < 1.29 is 9.47 Å². The Labute approximate surface area is 106 Å². The van der Waals surface area contributed by atoms with Gasteiger partial charge >= 0.3 is 0 Å². The second-order valence-electron chi connectivity index (χ2n) is 3.79. The first-order chi connectivity index (χ1) is 8.24. The molecule has 2 rings (SSSR count). The van der Waals surface area contributed by atoms with Crippen molar-refractivity contribution in [1.82, 2.24) is 0 Å². The molecule has 1 aliphatic heterocycles. The van der Waals surface area contributed by atoms with Crippen molar-refractivity contribution in [2.45, 2.75) is 6.92 Å². The maximum absolute atomic E-state index is 5.62. The Kier molecular flexibility index (Phi) is 3.79. The molecular formula is C14H16O2S. The molecule has 2 nitrogen and oxygen atoms in total. The van der Waals surface area contributed by atoms with E-state index < -0.39 is 0 Å². The molecule has 0 N–H and O–H groups in total. The predicted molar refractivity (Wildman–Crippen MR) is 73.7 cm³/mol. The SMILES string of the molecule is COc1ccc2c(c1)OCC=C2/C=C(/C)SC. The zero-order chi connectivity index (χ0) is 12.3. The van der Waals surface area contributed by atoms with E-state index >= 15 is 0 Å². The van der Waals surface area contributed by atoms with Crippen LogP contribution >= 0.6 is 11.8 Å². The van der Waals surface area contributed by atoms with Gasteiger partial charge in [0.25, 0.3) is 0 Å². The Morgan fingerprint density at radius 2 is 2.29 bits per heavy atom. The van der Waals surface area contributed by atoms with Gasteiger partial charge in [0, 0.05) is 11.6 Å². The Morgan fingerprint density at radius 3 is 3.00 bits per heavy atom. The highest BCUT2D eigenvalue weighted by atomic mass is 32.2. The maximum atomic E-state index is 5.62. The van der Waals surface area contributed by atoms with E-state index in [1.807, 2.05) is 18.2 Å². The first-order valence-corrected chi connectivity index (χ1v) is 6.70. The van der Waals surface area contributed by atoms with Gasteiger partial charge < -0.3 is 9.47 Å². The summed E-state index contributed by atoms with van der Waals surface area (Å²) in [7, 11) is 1.67. The van der Waals surface area contributed by atoms with Crippen molar-refractivity contribution >= 4 is 17.3 Å². The summed E-state index contributed by atoms with van der Waals surface area (Å²) in [5.41, 5.74) is 2.35. The van der Waals surface area contributed by atoms with Gasteiger partial charge in [-0.05, 0) is 47.9 Å². The number of hydrogen-bond acceptors (Lipinski definition) is 3. The van der Waals surface area contributed by atoms with Crippen molar-refractivity contribution in [2.24, 2.45) is 0 Å². The predicted octanol–water partition coefficient (Wildman–Crippen LogP) is 3.74. The van der Waals surface area contributed by atoms with E-state index in [0.717, 1.165) is 17.1 Å². The smallest absolute Gasteiger partial charge is 0.131 e. The van der Waals surface area contributed by atoms with Gasteiger partial charge in [0.15, 0.2) is 0 Å². The summed E-state index contributed by atoms with van der Waals surface area (Å²) in [4.78, 5) is 1.29. The van der Waals surface area contributed by atoms with Crippen LogP contribution in [0.3, 0.4) is 0 Å². The van der Waals surface area contributed by atoms with Crippen molar-refractivity contribution in [3.63, 3.8) is 0 Å². The Morgan fingerprint density at radius 1 is 1.47 bits per heavy atom. The van der Waals surface area contributed by atoms with Crippen LogP contribution in [0.1, 0.15) is 12.5 Å². The average molecular weight is 248 g/mol. The Hall–Kier alpha value is -1.35. The third-order valence-corrected chi connectivity index (χ3v) is 3.48. The van der Waals surface area contributed by atoms with Crippen molar-refractivity contribution in [1.29, 1.82) is 0 Å². The van der Waals surface area contributed by atoms with Gasteiger partial charge in [-0.15, -0.1) is 11.8 Å². The topological polar surface area (TPSA) is 18.5 Å². The first-order valence-electron chi connectivity index (χ1n) is 5.48. The van der Waals surface area contributed by atoms with Crippen molar-refractivity contribution in [3.05, 3.63) is 40.8 Å². The van der Waals surface area contributed by atoms with Gasteiger partial charge in [0.2, 0.25) is 0 Å². The standard InChI is InChI=1S/C14H16O2S/c1-10(17-3)8-11-6-7-16-14-9-12(15-2)4-5-13(11)14/h4-6,8-9H,7H2,1-3H3/b10-8-. The second-order valence-corrected chi connectivity index (χ2v) is 4.84. The molecule has 0 bridgehead atoms. The number of ether oxygens (including phenoxy) is 2. The quantitative estimate of drug-likeness (QED) is 0.812.